The summed E-state index contributed by atoms with van der Waals surface area (Å²) < 4.78 is 0.797. The van der Waals surface area contributed by atoms with Crippen molar-refractivity contribution in [2.24, 2.45) is 0 Å². The Morgan fingerprint density at radius 3 is 2.71 bits per heavy atom. The second-order valence-electron chi connectivity index (χ2n) is 4.95. The first-order valence-corrected chi connectivity index (χ1v) is 7.40. The summed E-state index contributed by atoms with van der Waals surface area (Å²) in [5.41, 5.74) is 0.712. The highest BCUT2D eigenvalue weighted by atomic mass is 79.9. The number of nitrogens with zero attached hydrogens (tertiary/aromatic N) is 2. The molecule has 2 N–H and O–H groups in total. The van der Waals surface area contributed by atoms with Gasteiger partial charge < -0.3 is 15.3 Å². The van der Waals surface area contributed by atoms with E-state index in [1.165, 1.54) is 11.0 Å². The van der Waals surface area contributed by atoms with Crippen LogP contribution in [0, 0.1) is 10.1 Å². The van der Waals surface area contributed by atoms with Crippen molar-refractivity contribution in [2.45, 2.75) is 25.4 Å². The van der Waals surface area contributed by atoms with E-state index in [9.17, 15) is 14.9 Å². The fourth-order valence-electron chi connectivity index (χ4n) is 2.40. The number of hydrogen-bond acceptors (Lipinski definition) is 4. The molecule has 0 aliphatic carbocycles. The number of likely N-dealkylation sites (tertiary alicyclic amines) is 1. The standard InChI is InChI=1S/C13H16BrN3O4/c14-10-1-2-12(17(20)21)9(7-10)8-15-11-3-5-16(6-4-11)13(18)19/h1-2,7,11,15H,3-6,8H2,(H,18,19). The predicted octanol–water partition coefficient (Wildman–Crippen LogP) is 2.59. The van der Waals surface area contributed by atoms with Crippen LogP contribution < -0.4 is 5.32 Å². The first-order chi connectivity index (χ1) is 9.97. The summed E-state index contributed by atoms with van der Waals surface area (Å²) in [6, 6.07) is 5.04. The third-order valence-corrected chi connectivity index (χ3v) is 4.08. The van der Waals surface area contributed by atoms with E-state index in [0.29, 0.717) is 38.0 Å². The van der Waals surface area contributed by atoms with Crippen molar-refractivity contribution in [1.82, 2.24) is 10.2 Å². The summed E-state index contributed by atoms with van der Waals surface area (Å²) >= 11 is 3.31. The summed E-state index contributed by atoms with van der Waals surface area (Å²) in [6.07, 6.45) is 0.540. The zero-order chi connectivity index (χ0) is 15.4. The first kappa shape index (κ1) is 15.7. The van der Waals surface area contributed by atoms with Crippen LogP contribution in [0.25, 0.3) is 0 Å². The molecule has 1 amide bonds. The van der Waals surface area contributed by atoms with Crippen molar-refractivity contribution in [3.05, 3.63) is 38.3 Å². The van der Waals surface area contributed by atoms with Crippen molar-refractivity contribution in [3.8, 4) is 0 Å². The van der Waals surface area contributed by atoms with Gasteiger partial charge in [-0.3, -0.25) is 10.1 Å². The fourth-order valence-corrected chi connectivity index (χ4v) is 2.81. The number of carboxylic acid groups (broad SMARTS) is 1. The first-order valence-electron chi connectivity index (χ1n) is 6.61. The van der Waals surface area contributed by atoms with Crippen LogP contribution in [0.15, 0.2) is 22.7 Å². The molecule has 0 aromatic heterocycles. The Hall–Kier alpha value is -1.67. The van der Waals surface area contributed by atoms with Crippen molar-refractivity contribution < 1.29 is 14.8 Å². The zero-order valence-electron chi connectivity index (χ0n) is 11.3. The summed E-state index contributed by atoms with van der Waals surface area (Å²) in [5, 5.41) is 23.2. The van der Waals surface area contributed by atoms with E-state index >= 15 is 0 Å². The number of amides is 1. The van der Waals surface area contributed by atoms with Gasteiger partial charge in [-0.05, 0) is 25.0 Å². The molecular weight excluding hydrogens is 342 g/mol. The van der Waals surface area contributed by atoms with Gasteiger partial charge in [-0.2, -0.15) is 0 Å². The van der Waals surface area contributed by atoms with E-state index in [-0.39, 0.29) is 11.7 Å². The lowest BCUT2D eigenvalue weighted by molar-refractivity contribution is -0.385. The lowest BCUT2D eigenvalue weighted by Crippen LogP contribution is -2.44. The largest absolute Gasteiger partial charge is 0.465 e. The Kier molecular flexibility index (Phi) is 5.13. The van der Waals surface area contributed by atoms with Gasteiger partial charge in [0.1, 0.15) is 0 Å². The van der Waals surface area contributed by atoms with Gasteiger partial charge in [-0.25, -0.2) is 4.79 Å². The van der Waals surface area contributed by atoms with E-state index in [0.717, 1.165) is 4.47 Å². The number of halogens is 1. The lowest BCUT2D eigenvalue weighted by Gasteiger charge is -2.30. The van der Waals surface area contributed by atoms with E-state index in [1.54, 1.807) is 12.1 Å². The van der Waals surface area contributed by atoms with Gasteiger partial charge in [0.05, 0.1) is 4.92 Å². The molecule has 1 aliphatic heterocycles. The highest BCUT2D eigenvalue weighted by Gasteiger charge is 2.22. The molecule has 8 heteroatoms. The number of piperidine rings is 1. The van der Waals surface area contributed by atoms with E-state index in [2.05, 4.69) is 21.2 Å². The summed E-state index contributed by atoms with van der Waals surface area (Å²) in [6.45, 7) is 1.38. The quantitative estimate of drug-likeness (QED) is 0.637. The second kappa shape index (κ2) is 6.86. The highest BCUT2D eigenvalue weighted by molar-refractivity contribution is 9.10. The molecule has 0 atom stereocenters. The van der Waals surface area contributed by atoms with Crippen molar-refractivity contribution in [1.29, 1.82) is 0 Å². The summed E-state index contributed by atoms with van der Waals surface area (Å²) in [7, 11) is 0. The zero-order valence-corrected chi connectivity index (χ0v) is 12.9. The van der Waals surface area contributed by atoms with Gasteiger partial charge >= 0.3 is 6.09 Å². The monoisotopic (exact) mass is 357 g/mol. The average Bonchev–Trinajstić information content (AvgIpc) is 2.45. The number of rotatable bonds is 4. The maximum atomic E-state index is 11.0. The lowest BCUT2D eigenvalue weighted by atomic mass is 10.0. The summed E-state index contributed by atoms with van der Waals surface area (Å²) in [4.78, 5) is 22.8. The Bertz CT molecular complexity index is 544. The topological polar surface area (TPSA) is 95.7 Å². The van der Waals surface area contributed by atoms with E-state index in [4.69, 9.17) is 5.11 Å². The van der Waals surface area contributed by atoms with Crippen LogP contribution in [0.4, 0.5) is 10.5 Å². The minimum absolute atomic E-state index is 0.0914. The van der Waals surface area contributed by atoms with Crippen LogP contribution in [0.2, 0.25) is 0 Å². The van der Waals surface area contributed by atoms with Crippen LogP contribution in [0.3, 0.4) is 0 Å². The number of nitro groups is 1. The van der Waals surface area contributed by atoms with Crippen LogP contribution in [0.1, 0.15) is 18.4 Å². The highest BCUT2D eigenvalue weighted by Crippen LogP contribution is 2.23. The van der Waals surface area contributed by atoms with Gasteiger partial charge in [0.25, 0.3) is 5.69 Å². The van der Waals surface area contributed by atoms with E-state index in [1.807, 2.05) is 0 Å². The molecule has 1 saturated heterocycles. The number of carbonyl (C=O) groups is 1. The molecule has 1 fully saturated rings. The molecule has 1 aliphatic rings. The van der Waals surface area contributed by atoms with Crippen molar-refractivity contribution in [3.63, 3.8) is 0 Å². The molecule has 1 aromatic rings. The minimum Gasteiger partial charge on any atom is -0.465 e. The number of nitro benzene ring substituents is 1. The Balaban J connectivity index is 1.93. The maximum Gasteiger partial charge on any atom is 0.407 e. The van der Waals surface area contributed by atoms with Crippen LogP contribution in [0.5, 0.6) is 0 Å². The molecule has 0 bridgehead atoms. The summed E-state index contributed by atoms with van der Waals surface area (Å²) in [5.74, 6) is 0. The Labute approximate surface area is 130 Å². The number of benzene rings is 1. The molecule has 0 unspecified atom stereocenters. The fraction of sp³-hybridized carbons (Fsp3) is 0.462. The van der Waals surface area contributed by atoms with Crippen LogP contribution >= 0.6 is 15.9 Å². The molecular formula is C13H16BrN3O4. The molecule has 114 valence electrons. The Morgan fingerprint density at radius 2 is 2.14 bits per heavy atom. The van der Waals surface area contributed by atoms with Crippen LogP contribution in [-0.2, 0) is 6.54 Å². The predicted molar refractivity (Wildman–Crippen MR) is 80.3 cm³/mol. The smallest absolute Gasteiger partial charge is 0.407 e. The van der Waals surface area contributed by atoms with Crippen LogP contribution in [-0.4, -0.2) is 40.2 Å². The normalized spacial score (nSPS) is 16.0. The molecule has 0 spiro atoms. The maximum absolute atomic E-state index is 11.0. The van der Waals surface area contributed by atoms with Gasteiger partial charge in [0, 0.05) is 41.8 Å². The van der Waals surface area contributed by atoms with E-state index < -0.39 is 11.0 Å². The molecule has 2 rings (SSSR count). The Morgan fingerprint density at radius 1 is 1.48 bits per heavy atom. The number of hydrogen-bond donors (Lipinski definition) is 2. The number of nitrogens with one attached hydrogen (secondary N) is 1. The minimum atomic E-state index is -0.893. The molecule has 21 heavy (non-hydrogen) atoms. The molecule has 7 nitrogen and oxygen atoms in total. The van der Waals surface area contributed by atoms with Gasteiger partial charge in [-0.15, -0.1) is 0 Å². The van der Waals surface area contributed by atoms with Crippen molar-refractivity contribution >= 4 is 27.7 Å². The van der Waals surface area contributed by atoms with Gasteiger partial charge in [-0.1, -0.05) is 15.9 Å². The molecule has 1 heterocycles. The third-order valence-electron chi connectivity index (χ3n) is 3.58. The van der Waals surface area contributed by atoms with Gasteiger partial charge in [0.15, 0.2) is 0 Å². The van der Waals surface area contributed by atoms with Gasteiger partial charge in [0.2, 0.25) is 0 Å². The molecule has 0 radical (unpaired) electrons. The SMILES string of the molecule is O=C(O)N1CCC(NCc2cc(Br)ccc2[N+](=O)[O-])CC1. The van der Waals surface area contributed by atoms with Crippen molar-refractivity contribution in [2.75, 3.05) is 13.1 Å². The molecule has 1 aromatic carbocycles. The second-order valence-corrected chi connectivity index (χ2v) is 5.87. The average molecular weight is 358 g/mol. The third kappa shape index (κ3) is 4.15. The molecule has 0 saturated carbocycles.